The number of aromatic amines is 1. The average molecular weight is 337 g/mol. The van der Waals surface area contributed by atoms with Crippen molar-refractivity contribution in [2.24, 2.45) is 0 Å². The molecule has 0 saturated carbocycles. The second kappa shape index (κ2) is 9.56. The number of non-ortho nitro benzene ring substituents is 1. The maximum absolute atomic E-state index is 10.5. The molecule has 0 radical (unpaired) electrons. The Hall–Kier alpha value is -3.43. The molecule has 10 heteroatoms. The Kier molecular flexibility index (Phi) is 7.42. The number of nitro benzene ring substituents is 1. The molecule has 1 aromatic heterocycles. The zero-order chi connectivity index (χ0) is 17.9. The van der Waals surface area contributed by atoms with E-state index in [1.54, 1.807) is 24.7 Å². The van der Waals surface area contributed by atoms with Gasteiger partial charge in [-0.25, -0.2) is 14.6 Å². The van der Waals surface area contributed by atoms with Crippen molar-refractivity contribution in [2.45, 2.75) is 12.8 Å². The van der Waals surface area contributed by atoms with Gasteiger partial charge in [0.25, 0.3) is 5.69 Å². The number of aliphatic carboxylic acids is 2. The number of ether oxygens (including phenoxy) is 1. The minimum absolute atomic E-state index is 0.0693. The summed E-state index contributed by atoms with van der Waals surface area (Å²) >= 11 is 0. The zero-order valence-corrected chi connectivity index (χ0v) is 12.4. The van der Waals surface area contributed by atoms with Gasteiger partial charge in [-0.3, -0.25) is 10.1 Å². The Balaban J connectivity index is 0.000000413. The first-order valence-electron chi connectivity index (χ1n) is 6.71. The molecule has 0 aliphatic heterocycles. The van der Waals surface area contributed by atoms with E-state index in [0.29, 0.717) is 12.4 Å². The molecule has 0 fully saturated rings. The normalized spacial score (nSPS) is 9.50. The van der Waals surface area contributed by atoms with Gasteiger partial charge < -0.3 is 19.9 Å². The predicted octanol–water partition coefficient (Wildman–Crippen LogP) is 1.49. The highest BCUT2D eigenvalue weighted by Crippen LogP contribution is 2.17. The average Bonchev–Trinajstić information content (AvgIpc) is 3.06. The van der Waals surface area contributed by atoms with Crippen LogP contribution < -0.4 is 4.74 Å². The summed E-state index contributed by atoms with van der Waals surface area (Å²) in [5.74, 6) is -3.00. The number of hydrogen-bond donors (Lipinski definition) is 3. The molecule has 10 nitrogen and oxygen atoms in total. The lowest BCUT2D eigenvalue weighted by Crippen LogP contribution is -2.09. The number of aromatic nitrogens is 2. The highest BCUT2D eigenvalue weighted by molar-refractivity contribution is 6.27. The van der Waals surface area contributed by atoms with Crippen LogP contribution in [0.15, 0.2) is 36.8 Å². The van der Waals surface area contributed by atoms with Crippen LogP contribution in [0.3, 0.4) is 0 Å². The van der Waals surface area contributed by atoms with Crippen LogP contribution in [-0.2, 0) is 16.0 Å². The molecule has 2 rings (SSSR count). The van der Waals surface area contributed by atoms with Crippen molar-refractivity contribution in [1.29, 1.82) is 0 Å². The Morgan fingerprint density at radius 1 is 1.21 bits per heavy atom. The molecule has 128 valence electrons. The molecule has 0 aliphatic rings. The number of carbonyl (C=O) groups is 2. The SMILES string of the molecule is O=C(O)C(=O)O.O=[N+]([O-])c1ccc(OCCCc2cnc[nH]2)cc1. The van der Waals surface area contributed by atoms with Gasteiger partial charge in [-0.2, -0.15) is 0 Å². The van der Waals surface area contributed by atoms with E-state index in [9.17, 15) is 10.1 Å². The number of nitro groups is 1. The van der Waals surface area contributed by atoms with E-state index in [0.717, 1.165) is 18.5 Å². The van der Waals surface area contributed by atoms with E-state index in [4.69, 9.17) is 24.5 Å². The third kappa shape index (κ3) is 7.02. The summed E-state index contributed by atoms with van der Waals surface area (Å²) in [5, 5.41) is 25.2. The fraction of sp³-hybridized carbons (Fsp3) is 0.214. The summed E-state index contributed by atoms with van der Waals surface area (Å²) in [5.41, 5.74) is 1.14. The van der Waals surface area contributed by atoms with Crippen LogP contribution in [0.2, 0.25) is 0 Å². The lowest BCUT2D eigenvalue weighted by molar-refractivity contribution is -0.384. The molecular weight excluding hydrogens is 322 g/mol. The Labute approximate surface area is 135 Å². The number of carboxylic acids is 2. The van der Waals surface area contributed by atoms with Crippen LogP contribution in [0.4, 0.5) is 5.69 Å². The van der Waals surface area contributed by atoms with Crippen LogP contribution in [0.1, 0.15) is 12.1 Å². The van der Waals surface area contributed by atoms with E-state index in [1.165, 1.54) is 12.1 Å². The van der Waals surface area contributed by atoms with E-state index < -0.39 is 16.9 Å². The van der Waals surface area contributed by atoms with Crippen LogP contribution in [-0.4, -0.2) is 43.6 Å². The van der Waals surface area contributed by atoms with Gasteiger partial charge in [0.05, 0.1) is 17.9 Å². The van der Waals surface area contributed by atoms with E-state index >= 15 is 0 Å². The number of benzene rings is 1. The standard InChI is InChI=1S/C12H13N3O3.C2H2O4/c16-15(17)11-3-5-12(6-4-11)18-7-1-2-10-8-13-9-14-10;3-1(4)2(5)6/h3-6,8-9H,1-2,7H2,(H,13,14);(H,3,4)(H,5,6). The topological polar surface area (TPSA) is 156 Å². The van der Waals surface area contributed by atoms with Gasteiger partial charge in [-0.05, 0) is 25.0 Å². The van der Waals surface area contributed by atoms with Gasteiger partial charge in [0.2, 0.25) is 0 Å². The molecule has 3 N–H and O–H groups in total. The van der Waals surface area contributed by atoms with Crippen LogP contribution >= 0.6 is 0 Å². The van der Waals surface area contributed by atoms with Crippen LogP contribution in [0.25, 0.3) is 0 Å². The van der Waals surface area contributed by atoms with Gasteiger partial charge in [0.15, 0.2) is 0 Å². The second-order valence-electron chi connectivity index (χ2n) is 4.39. The lowest BCUT2D eigenvalue weighted by Gasteiger charge is -2.04. The lowest BCUT2D eigenvalue weighted by atomic mass is 10.2. The molecular formula is C14H15N3O7. The predicted molar refractivity (Wildman–Crippen MR) is 80.8 cm³/mol. The maximum Gasteiger partial charge on any atom is 0.414 e. The fourth-order valence-corrected chi connectivity index (χ4v) is 1.54. The molecule has 0 unspecified atom stereocenters. The number of H-pyrrole nitrogens is 1. The number of imidazole rings is 1. The number of carboxylic acid groups (broad SMARTS) is 2. The second-order valence-corrected chi connectivity index (χ2v) is 4.39. The maximum atomic E-state index is 10.5. The molecule has 2 aromatic rings. The van der Waals surface area contributed by atoms with Gasteiger partial charge >= 0.3 is 11.9 Å². The number of hydrogen-bond acceptors (Lipinski definition) is 6. The Bertz CT molecular complexity index is 656. The summed E-state index contributed by atoms with van der Waals surface area (Å²) in [4.78, 5) is 35.2. The van der Waals surface area contributed by atoms with Gasteiger partial charge in [0, 0.05) is 24.0 Å². The Morgan fingerprint density at radius 3 is 2.29 bits per heavy atom. The first kappa shape index (κ1) is 18.6. The van der Waals surface area contributed by atoms with E-state index in [2.05, 4.69) is 9.97 Å². The van der Waals surface area contributed by atoms with E-state index in [-0.39, 0.29) is 5.69 Å². The summed E-state index contributed by atoms with van der Waals surface area (Å²) in [6, 6.07) is 6.08. The Morgan fingerprint density at radius 2 is 1.83 bits per heavy atom. The van der Waals surface area contributed by atoms with Crippen molar-refractivity contribution in [3.8, 4) is 5.75 Å². The highest BCUT2D eigenvalue weighted by atomic mass is 16.6. The number of nitrogens with one attached hydrogen (secondary N) is 1. The van der Waals surface area contributed by atoms with Crippen molar-refractivity contribution in [3.05, 3.63) is 52.6 Å². The highest BCUT2D eigenvalue weighted by Gasteiger charge is 2.04. The van der Waals surface area contributed by atoms with Crippen molar-refractivity contribution >= 4 is 17.6 Å². The van der Waals surface area contributed by atoms with Crippen molar-refractivity contribution in [3.63, 3.8) is 0 Å². The number of aryl methyl sites for hydroxylation is 1. The molecule has 0 amide bonds. The summed E-state index contributed by atoms with van der Waals surface area (Å²) < 4.78 is 5.48. The third-order valence-corrected chi connectivity index (χ3v) is 2.64. The van der Waals surface area contributed by atoms with Crippen molar-refractivity contribution in [1.82, 2.24) is 9.97 Å². The van der Waals surface area contributed by atoms with Gasteiger partial charge in [-0.15, -0.1) is 0 Å². The summed E-state index contributed by atoms with van der Waals surface area (Å²) in [6.07, 6.45) is 5.16. The van der Waals surface area contributed by atoms with Crippen molar-refractivity contribution in [2.75, 3.05) is 6.61 Å². The minimum atomic E-state index is -1.82. The summed E-state index contributed by atoms with van der Waals surface area (Å²) in [6.45, 7) is 0.566. The summed E-state index contributed by atoms with van der Waals surface area (Å²) in [7, 11) is 0. The number of rotatable bonds is 6. The van der Waals surface area contributed by atoms with Gasteiger partial charge in [-0.1, -0.05) is 0 Å². The molecule has 0 spiro atoms. The quantitative estimate of drug-likeness (QED) is 0.310. The molecule has 0 saturated heterocycles. The molecule has 0 bridgehead atoms. The molecule has 1 aromatic carbocycles. The fourth-order valence-electron chi connectivity index (χ4n) is 1.54. The minimum Gasteiger partial charge on any atom is -0.494 e. The van der Waals surface area contributed by atoms with Gasteiger partial charge in [0.1, 0.15) is 5.75 Å². The number of nitrogens with zero attached hydrogens (tertiary/aromatic N) is 2. The molecule has 0 aliphatic carbocycles. The molecule has 24 heavy (non-hydrogen) atoms. The first-order valence-corrected chi connectivity index (χ1v) is 6.71. The third-order valence-electron chi connectivity index (χ3n) is 2.64. The van der Waals surface area contributed by atoms with Crippen LogP contribution in [0.5, 0.6) is 5.75 Å². The molecule has 0 atom stereocenters. The van der Waals surface area contributed by atoms with Crippen LogP contribution in [0, 0.1) is 10.1 Å². The largest absolute Gasteiger partial charge is 0.494 e. The molecule has 1 heterocycles. The monoisotopic (exact) mass is 337 g/mol. The smallest absolute Gasteiger partial charge is 0.414 e. The zero-order valence-electron chi connectivity index (χ0n) is 12.4. The first-order chi connectivity index (χ1) is 11.4. The van der Waals surface area contributed by atoms with Crippen molar-refractivity contribution < 1.29 is 29.5 Å². The van der Waals surface area contributed by atoms with E-state index in [1.807, 2.05) is 0 Å².